The van der Waals surface area contributed by atoms with E-state index in [0.717, 1.165) is 59.2 Å². The smallest absolute Gasteiger partial charge is 0.311 e. The second-order valence-electron chi connectivity index (χ2n) is 9.14. The van der Waals surface area contributed by atoms with Crippen LogP contribution in [0.15, 0.2) is 54.6 Å². The fourth-order valence-corrected chi connectivity index (χ4v) is 4.88. The van der Waals surface area contributed by atoms with E-state index in [1.807, 2.05) is 30.3 Å². The van der Waals surface area contributed by atoms with E-state index < -0.39 is 10.8 Å². The van der Waals surface area contributed by atoms with E-state index in [2.05, 4.69) is 10.6 Å². The molecule has 40 heavy (non-hydrogen) atoms. The number of nitro benzene ring substituents is 1. The number of nitro groups is 1. The molecule has 1 aromatic heterocycles. The lowest BCUT2D eigenvalue weighted by Gasteiger charge is -2.22. The molecule has 1 heterocycles. The molecular weight excluding hydrogens is 536 g/mol. The van der Waals surface area contributed by atoms with Crippen molar-refractivity contribution in [3.63, 3.8) is 0 Å². The molecule has 0 saturated heterocycles. The van der Waals surface area contributed by atoms with E-state index in [1.54, 1.807) is 20.3 Å². The number of aryl methyl sites for hydroxylation is 1. The van der Waals surface area contributed by atoms with Crippen molar-refractivity contribution in [3.8, 4) is 17.2 Å². The monoisotopic (exact) mass is 564 g/mol. The molecule has 208 valence electrons. The van der Waals surface area contributed by atoms with Crippen LogP contribution < -0.4 is 24.8 Å². The topological polar surface area (TPSA) is 125 Å². The van der Waals surface area contributed by atoms with Crippen LogP contribution in [0, 0.1) is 10.1 Å². The second kappa shape index (κ2) is 12.1. The summed E-state index contributed by atoms with van der Waals surface area (Å²) in [6, 6.07) is 15.3. The van der Waals surface area contributed by atoms with Crippen LogP contribution in [0.2, 0.25) is 0 Å². The van der Waals surface area contributed by atoms with Crippen molar-refractivity contribution < 1.29 is 23.9 Å². The Labute approximate surface area is 237 Å². The van der Waals surface area contributed by atoms with Gasteiger partial charge in [-0.2, -0.15) is 0 Å². The first-order chi connectivity index (χ1) is 18.9. The van der Waals surface area contributed by atoms with Crippen molar-refractivity contribution in [3.05, 3.63) is 81.5 Å². The highest BCUT2D eigenvalue weighted by molar-refractivity contribution is 6.06. The highest BCUT2D eigenvalue weighted by atomic mass is 35.5. The van der Waals surface area contributed by atoms with Crippen LogP contribution in [0.3, 0.4) is 0 Å². The molecule has 2 N–H and O–H groups in total. The molecule has 10 nitrogen and oxygen atoms in total. The lowest BCUT2D eigenvalue weighted by Crippen LogP contribution is -2.13. The fraction of sp³-hybridized carbons (Fsp3) is 0.241. The third kappa shape index (κ3) is 5.57. The third-order valence-corrected chi connectivity index (χ3v) is 6.81. The fourth-order valence-electron chi connectivity index (χ4n) is 4.88. The van der Waals surface area contributed by atoms with Crippen molar-refractivity contribution in [2.45, 2.75) is 25.7 Å². The Morgan fingerprint density at radius 2 is 1.57 bits per heavy atom. The summed E-state index contributed by atoms with van der Waals surface area (Å²) in [4.78, 5) is 28.8. The number of pyridine rings is 1. The lowest BCUT2D eigenvalue weighted by molar-refractivity contribution is -0.385. The van der Waals surface area contributed by atoms with E-state index in [1.165, 1.54) is 25.3 Å². The summed E-state index contributed by atoms with van der Waals surface area (Å²) in [6.45, 7) is 0. The number of halogens is 1. The van der Waals surface area contributed by atoms with Crippen LogP contribution in [-0.2, 0) is 12.8 Å². The molecule has 0 unspecified atom stereocenters. The van der Waals surface area contributed by atoms with Crippen LogP contribution in [0.5, 0.6) is 17.2 Å². The van der Waals surface area contributed by atoms with Gasteiger partial charge in [0, 0.05) is 40.2 Å². The molecule has 3 aromatic carbocycles. The average molecular weight is 565 g/mol. The molecule has 0 aliphatic heterocycles. The molecule has 0 radical (unpaired) electrons. The number of nitrogens with zero attached hydrogens (tertiary/aromatic N) is 2. The second-order valence-corrected chi connectivity index (χ2v) is 9.14. The van der Waals surface area contributed by atoms with Gasteiger partial charge in [0.15, 0.2) is 17.2 Å². The highest BCUT2D eigenvalue weighted by Gasteiger charge is 2.21. The number of nitrogens with one attached hydrogen (secondary N) is 2. The van der Waals surface area contributed by atoms with E-state index in [9.17, 15) is 14.9 Å². The minimum atomic E-state index is -0.577. The van der Waals surface area contributed by atoms with Gasteiger partial charge in [0.1, 0.15) is 0 Å². The maximum atomic E-state index is 13.0. The van der Waals surface area contributed by atoms with E-state index in [0.29, 0.717) is 17.2 Å². The lowest BCUT2D eigenvalue weighted by atomic mass is 9.92. The van der Waals surface area contributed by atoms with Crippen molar-refractivity contribution in [2.24, 2.45) is 0 Å². The van der Waals surface area contributed by atoms with Gasteiger partial charge >= 0.3 is 5.69 Å². The number of methoxy groups -OCH3 is 3. The molecule has 1 aliphatic rings. The van der Waals surface area contributed by atoms with Gasteiger partial charge in [-0.3, -0.25) is 19.9 Å². The molecule has 5 rings (SSSR count). The number of anilines is 3. The van der Waals surface area contributed by atoms with Gasteiger partial charge in [-0.25, -0.2) is 0 Å². The van der Waals surface area contributed by atoms with Crippen LogP contribution in [0.25, 0.3) is 10.9 Å². The zero-order valence-electron chi connectivity index (χ0n) is 22.3. The first-order valence-electron chi connectivity index (χ1n) is 12.5. The third-order valence-electron chi connectivity index (χ3n) is 6.81. The Morgan fingerprint density at radius 3 is 2.30 bits per heavy atom. The number of ether oxygens (including phenoxy) is 3. The molecule has 1 amide bonds. The Morgan fingerprint density at radius 1 is 0.875 bits per heavy atom. The minimum Gasteiger partial charge on any atom is -0.493 e. The number of aromatic nitrogens is 1. The van der Waals surface area contributed by atoms with E-state index in [4.69, 9.17) is 19.2 Å². The summed E-state index contributed by atoms with van der Waals surface area (Å²) in [7, 11) is 4.53. The van der Waals surface area contributed by atoms with Crippen molar-refractivity contribution in [2.75, 3.05) is 32.0 Å². The van der Waals surface area contributed by atoms with Crippen molar-refractivity contribution >= 4 is 52.0 Å². The average Bonchev–Trinajstić information content (AvgIpc) is 2.96. The number of hydrogen-bond acceptors (Lipinski definition) is 8. The Hall–Kier alpha value is -4.57. The standard InChI is InChI=1S/C29H28N4O6.ClH/c1-37-25-12-8-17(14-24(25)33(35)36)29(34)31-18-9-11-23-21(15-18)28(20-6-4-5-7-22(20)32-23)30-19-10-13-26(38-2)27(16-19)39-3;/h8-16H,4-7H2,1-3H3,(H,30,32)(H,31,34);1H. The largest absolute Gasteiger partial charge is 0.493 e. The van der Waals surface area contributed by atoms with E-state index in [-0.39, 0.29) is 29.4 Å². The quantitative estimate of drug-likeness (QED) is 0.184. The number of hydrogen-bond donors (Lipinski definition) is 2. The summed E-state index contributed by atoms with van der Waals surface area (Å²) in [5.74, 6) is 0.856. The number of fused-ring (bicyclic) bond motifs is 2. The molecule has 0 bridgehead atoms. The minimum absolute atomic E-state index is 0. The number of rotatable bonds is 8. The predicted octanol–water partition coefficient (Wildman–Crippen LogP) is 6.47. The number of carbonyl (C=O) groups excluding carboxylic acids is 1. The Balaban J connectivity index is 0.00000370. The number of amides is 1. The number of carbonyl (C=O) groups is 1. The zero-order valence-corrected chi connectivity index (χ0v) is 23.1. The molecule has 0 atom stereocenters. The molecule has 0 spiro atoms. The first kappa shape index (κ1) is 28.4. The summed E-state index contributed by atoms with van der Waals surface area (Å²) >= 11 is 0. The summed E-state index contributed by atoms with van der Waals surface area (Å²) in [5, 5.41) is 18.7. The van der Waals surface area contributed by atoms with Crippen LogP contribution in [0.4, 0.5) is 22.7 Å². The SMILES string of the molecule is COc1ccc(Nc2c3c(nc4ccc(NC(=O)c5ccc(OC)c([N+](=O)[O-])c5)cc24)CCCC3)cc1OC.Cl. The van der Waals surface area contributed by atoms with Gasteiger partial charge in [0.25, 0.3) is 5.91 Å². The summed E-state index contributed by atoms with van der Waals surface area (Å²) in [6.07, 6.45) is 3.94. The zero-order chi connectivity index (χ0) is 27.5. The van der Waals surface area contributed by atoms with Gasteiger partial charge in [0.05, 0.1) is 37.5 Å². The maximum Gasteiger partial charge on any atom is 0.311 e. The van der Waals surface area contributed by atoms with Crippen LogP contribution in [-0.4, -0.2) is 37.1 Å². The van der Waals surface area contributed by atoms with Crippen LogP contribution in [0.1, 0.15) is 34.5 Å². The molecule has 0 fully saturated rings. The first-order valence-corrected chi connectivity index (χ1v) is 12.5. The highest BCUT2D eigenvalue weighted by Crippen LogP contribution is 2.38. The van der Waals surface area contributed by atoms with Gasteiger partial charge in [-0.1, -0.05) is 0 Å². The van der Waals surface area contributed by atoms with Crippen LogP contribution >= 0.6 is 12.4 Å². The van der Waals surface area contributed by atoms with Crippen molar-refractivity contribution in [1.29, 1.82) is 0 Å². The molecular formula is C29H29ClN4O6. The van der Waals surface area contributed by atoms with E-state index >= 15 is 0 Å². The van der Waals surface area contributed by atoms with Gasteiger partial charge in [-0.15, -0.1) is 12.4 Å². The Kier molecular flexibility index (Phi) is 8.59. The predicted molar refractivity (Wildman–Crippen MR) is 156 cm³/mol. The molecule has 11 heteroatoms. The van der Waals surface area contributed by atoms with Gasteiger partial charge in [0.2, 0.25) is 0 Å². The Bertz CT molecular complexity index is 1590. The van der Waals surface area contributed by atoms with Gasteiger partial charge in [-0.05, 0) is 73.7 Å². The molecule has 0 saturated carbocycles. The van der Waals surface area contributed by atoms with Gasteiger partial charge < -0.3 is 24.8 Å². The molecule has 1 aliphatic carbocycles. The maximum absolute atomic E-state index is 13.0. The normalized spacial score (nSPS) is 12.1. The molecule has 4 aromatic rings. The summed E-state index contributed by atoms with van der Waals surface area (Å²) in [5.41, 5.74) is 5.19. The number of benzene rings is 3. The summed E-state index contributed by atoms with van der Waals surface area (Å²) < 4.78 is 15.9. The van der Waals surface area contributed by atoms with Crippen molar-refractivity contribution in [1.82, 2.24) is 4.98 Å².